The molecule has 1 amide bonds. The molecule has 0 aromatic carbocycles. The number of carbonyl (C=O) groups excluding carboxylic acids is 1. The highest BCUT2D eigenvalue weighted by molar-refractivity contribution is 7.91. The molecule has 0 aromatic heterocycles. The van der Waals surface area contributed by atoms with Crippen molar-refractivity contribution in [3.05, 3.63) is 0 Å². The Bertz CT molecular complexity index is 430. The van der Waals surface area contributed by atoms with Crippen molar-refractivity contribution < 1.29 is 17.9 Å². The average molecular weight is 303 g/mol. The molecule has 1 saturated heterocycles. The van der Waals surface area contributed by atoms with E-state index >= 15 is 0 Å². The van der Waals surface area contributed by atoms with Crippen LogP contribution in [0.3, 0.4) is 0 Å². The largest absolute Gasteiger partial charge is 0.371 e. The van der Waals surface area contributed by atoms with E-state index in [9.17, 15) is 13.2 Å². The number of nitrogens with zero attached hydrogens (tertiary/aromatic N) is 1. The van der Waals surface area contributed by atoms with Gasteiger partial charge in [0, 0.05) is 12.6 Å². The summed E-state index contributed by atoms with van der Waals surface area (Å²) in [4.78, 5) is 14.0. The summed E-state index contributed by atoms with van der Waals surface area (Å²) in [7, 11) is -2.96. The Morgan fingerprint density at radius 1 is 1.30 bits per heavy atom. The molecule has 2 aliphatic rings. The molecule has 1 aliphatic carbocycles. The minimum atomic E-state index is -2.96. The standard InChI is InChI=1S/C14H25NO4S/c1-2-3-7-15(13-6-8-20(17,18)11-13)14(16)10-19-9-12-4-5-12/h12-13H,2-11H2,1H3. The second-order valence-electron chi connectivity index (χ2n) is 5.96. The highest BCUT2D eigenvalue weighted by Gasteiger charge is 2.34. The Labute approximate surface area is 121 Å². The first-order chi connectivity index (χ1) is 9.52. The third-order valence-electron chi connectivity index (χ3n) is 4.00. The van der Waals surface area contributed by atoms with Gasteiger partial charge in [-0.15, -0.1) is 0 Å². The van der Waals surface area contributed by atoms with Gasteiger partial charge in [0.05, 0.1) is 18.1 Å². The highest BCUT2D eigenvalue weighted by atomic mass is 32.2. The maximum absolute atomic E-state index is 12.3. The molecule has 0 N–H and O–H groups in total. The van der Waals surface area contributed by atoms with E-state index < -0.39 is 9.84 Å². The van der Waals surface area contributed by atoms with Gasteiger partial charge in [0.15, 0.2) is 9.84 Å². The third-order valence-corrected chi connectivity index (χ3v) is 5.75. The first-order valence-corrected chi connectivity index (χ1v) is 9.41. The van der Waals surface area contributed by atoms with Crippen LogP contribution in [0.15, 0.2) is 0 Å². The van der Waals surface area contributed by atoms with Crippen LogP contribution < -0.4 is 0 Å². The summed E-state index contributed by atoms with van der Waals surface area (Å²) in [5.41, 5.74) is 0. The van der Waals surface area contributed by atoms with E-state index in [-0.39, 0.29) is 30.1 Å². The fraction of sp³-hybridized carbons (Fsp3) is 0.929. The van der Waals surface area contributed by atoms with Gasteiger partial charge >= 0.3 is 0 Å². The Morgan fingerprint density at radius 3 is 2.60 bits per heavy atom. The van der Waals surface area contributed by atoms with Crippen LogP contribution in [0.25, 0.3) is 0 Å². The monoisotopic (exact) mass is 303 g/mol. The molecule has 0 radical (unpaired) electrons. The molecular weight excluding hydrogens is 278 g/mol. The highest BCUT2D eigenvalue weighted by Crippen LogP contribution is 2.28. The summed E-state index contributed by atoms with van der Waals surface area (Å²) in [6.45, 7) is 3.47. The SMILES string of the molecule is CCCCN(C(=O)COCC1CC1)C1CCS(=O)(=O)C1. The Morgan fingerprint density at radius 2 is 2.05 bits per heavy atom. The topological polar surface area (TPSA) is 63.7 Å². The smallest absolute Gasteiger partial charge is 0.248 e. The minimum Gasteiger partial charge on any atom is -0.371 e. The van der Waals surface area contributed by atoms with Crippen molar-refractivity contribution in [3.63, 3.8) is 0 Å². The molecule has 1 aliphatic heterocycles. The fourth-order valence-electron chi connectivity index (χ4n) is 2.54. The lowest BCUT2D eigenvalue weighted by Gasteiger charge is -2.28. The fourth-order valence-corrected chi connectivity index (χ4v) is 4.27. The molecule has 2 rings (SSSR count). The zero-order chi connectivity index (χ0) is 14.6. The van der Waals surface area contributed by atoms with Gasteiger partial charge < -0.3 is 9.64 Å². The Balaban J connectivity index is 1.86. The van der Waals surface area contributed by atoms with E-state index in [1.807, 2.05) is 0 Å². The summed E-state index contributed by atoms with van der Waals surface area (Å²) in [5, 5.41) is 0. The van der Waals surface area contributed by atoms with Crippen LogP contribution in [0.5, 0.6) is 0 Å². The average Bonchev–Trinajstić information content (AvgIpc) is 3.13. The zero-order valence-corrected chi connectivity index (χ0v) is 13.0. The molecule has 0 aromatic rings. The van der Waals surface area contributed by atoms with Gasteiger partial charge in [-0.05, 0) is 31.6 Å². The molecular formula is C14H25NO4S. The number of ether oxygens (including phenoxy) is 1. The van der Waals surface area contributed by atoms with Crippen molar-refractivity contribution in [2.75, 3.05) is 31.3 Å². The summed E-state index contributed by atoms with van der Waals surface area (Å²) in [6.07, 6.45) is 4.88. The van der Waals surface area contributed by atoms with Crippen molar-refractivity contribution in [1.82, 2.24) is 4.90 Å². The third kappa shape index (κ3) is 4.74. The van der Waals surface area contributed by atoms with Crippen LogP contribution >= 0.6 is 0 Å². The number of hydrogen-bond acceptors (Lipinski definition) is 4. The van der Waals surface area contributed by atoms with E-state index in [4.69, 9.17) is 4.74 Å². The van der Waals surface area contributed by atoms with Gasteiger partial charge in [0.25, 0.3) is 0 Å². The predicted octanol–water partition coefficient (Wildman–Crippen LogP) is 1.23. The molecule has 1 saturated carbocycles. The van der Waals surface area contributed by atoms with Crippen LogP contribution in [-0.4, -0.2) is 56.5 Å². The summed E-state index contributed by atoms with van der Waals surface area (Å²) >= 11 is 0. The van der Waals surface area contributed by atoms with Crippen molar-refractivity contribution >= 4 is 15.7 Å². The van der Waals surface area contributed by atoms with E-state index in [0.717, 1.165) is 12.8 Å². The van der Waals surface area contributed by atoms with E-state index in [0.29, 0.717) is 25.5 Å². The molecule has 0 bridgehead atoms. The van der Waals surface area contributed by atoms with Crippen LogP contribution in [0.4, 0.5) is 0 Å². The molecule has 116 valence electrons. The number of unbranched alkanes of at least 4 members (excludes halogenated alkanes) is 1. The summed E-state index contributed by atoms with van der Waals surface area (Å²) in [5.74, 6) is 0.904. The van der Waals surface area contributed by atoms with Gasteiger partial charge in [0.1, 0.15) is 6.61 Å². The summed E-state index contributed by atoms with van der Waals surface area (Å²) in [6, 6.07) is -0.149. The first kappa shape index (κ1) is 15.8. The van der Waals surface area contributed by atoms with Gasteiger partial charge in [-0.2, -0.15) is 0 Å². The molecule has 5 nitrogen and oxygen atoms in total. The van der Waals surface area contributed by atoms with E-state index in [1.54, 1.807) is 4.90 Å². The maximum Gasteiger partial charge on any atom is 0.248 e. The molecule has 1 heterocycles. The molecule has 20 heavy (non-hydrogen) atoms. The first-order valence-electron chi connectivity index (χ1n) is 7.59. The van der Waals surface area contributed by atoms with Gasteiger partial charge in [-0.3, -0.25) is 4.79 Å². The predicted molar refractivity (Wildman–Crippen MR) is 77.2 cm³/mol. The maximum atomic E-state index is 12.3. The second-order valence-corrected chi connectivity index (χ2v) is 8.18. The Hall–Kier alpha value is -0.620. The molecule has 1 atom stereocenters. The lowest BCUT2D eigenvalue weighted by Crippen LogP contribution is -2.43. The van der Waals surface area contributed by atoms with Gasteiger partial charge in [-0.25, -0.2) is 8.42 Å². The molecule has 0 spiro atoms. The molecule has 1 unspecified atom stereocenters. The van der Waals surface area contributed by atoms with Gasteiger partial charge in [-0.1, -0.05) is 13.3 Å². The number of amides is 1. The van der Waals surface area contributed by atoms with Crippen LogP contribution in [0, 0.1) is 5.92 Å². The lowest BCUT2D eigenvalue weighted by atomic mass is 10.2. The Kier molecular flexibility index (Phi) is 5.43. The van der Waals surface area contributed by atoms with Gasteiger partial charge in [0.2, 0.25) is 5.91 Å². The number of hydrogen-bond donors (Lipinski definition) is 0. The zero-order valence-electron chi connectivity index (χ0n) is 12.2. The number of sulfone groups is 1. The van der Waals surface area contributed by atoms with Crippen molar-refractivity contribution in [2.45, 2.75) is 45.1 Å². The minimum absolute atomic E-state index is 0.0544. The van der Waals surface area contributed by atoms with Crippen molar-refractivity contribution in [2.24, 2.45) is 5.92 Å². The van der Waals surface area contributed by atoms with Crippen molar-refractivity contribution in [1.29, 1.82) is 0 Å². The lowest BCUT2D eigenvalue weighted by molar-refractivity contribution is -0.138. The quantitative estimate of drug-likeness (QED) is 0.676. The number of carbonyl (C=O) groups is 1. The summed E-state index contributed by atoms with van der Waals surface area (Å²) < 4.78 is 28.6. The normalized spacial score (nSPS) is 24.8. The molecule has 2 fully saturated rings. The van der Waals surface area contributed by atoms with Crippen LogP contribution in [0.2, 0.25) is 0 Å². The molecule has 6 heteroatoms. The van der Waals surface area contributed by atoms with Crippen molar-refractivity contribution in [3.8, 4) is 0 Å². The van der Waals surface area contributed by atoms with Crippen LogP contribution in [0.1, 0.15) is 39.0 Å². The number of rotatable bonds is 8. The second kappa shape index (κ2) is 6.89. The van der Waals surface area contributed by atoms with E-state index in [1.165, 1.54) is 12.8 Å². The van der Waals surface area contributed by atoms with Crippen LogP contribution in [-0.2, 0) is 19.4 Å². The van der Waals surface area contributed by atoms with E-state index in [2.05, 4.69) is 6.92 Å².